The predicted octanol–water partition coefficient (Wildman–Crippen LogP) is 4.25. The molecule has 1 aromatic carbocycles. The minimum absolute atomic E-state index is 0.248. The van der Waals surface area contributed by atoms with Crippen molar-refractivity contribution in [1.82, 2.24) is 29.6 Å². The molecule has 0 spiro atoms. The van der Waals surface area contributed by atoms with Gasteiger partial charge in [0.1, 0.15) is 5.69 Å². The van der Waals surface area contributed by atoms with Crippen LogP contribution < -0.4 is 10.2 Å². The van der Waals surface area contributed by atoms with Gasteiger partial charge in [-0.3, -0.25) is 14.6 Å². The lowest BCUT2D eigenvalue weighted by Gasteiger charge is -2.36. The first kappa shape index (κ1) is 23.3. The van der Waals surface area contributed by atoms with E-state index in [0.29, 0.717) is 19.2 Å². The van der Waals surface area contributed by atoms with Gasteiger partial charge in [0.15, 0.2) is 0 Å². The molecule has 3 aromatic heterocycles. The maximum Gasteiger partial charge on any atom is 0.227 e. The molecule has 9 heteroatoms. The monoisotopic (exact) mass is 508 g/mol. The van der Waals surface area contributed by atoms with E-state index in [1.807, 2.05) is 29.1 Å². The molecular formula is C29H32N8O. The maximum atomic E-state index is 5.39. The van der Waals surface area contributed by atoms with Gasteiger partial charge in [-0.25, -0.2) is 9.97 Å². The normalized spacial score (nSPS) is 18.4. The molecule has 194 valence electrons. The Hall–Kier alpha value is -3.82. The van der Waals surface area contributed by atoms with Crippen molar-refractivity contribution in [2.75, 3.05) is 56.2 Å². The molecule has 0 bridgehead atoms. The second-order valence-corrected chi connectivity index (χ2v) is 10.5. The summed E-state index contributed by atoms with van der Waals surface area (Å²) in [6, 6.07) is 14.7. The molecule has 0 radical (unpaired) electrons. The Labute approximate surface area is 222 Å². The number of benzene rings is 1. The van der Waals surface area contributed by atoms with Crippen molar-refractivity contribution in [3.05, 3.63) is 67.3 Å². The molecule has 9 nitrogen and oxygen atoms in total. The molecule has 1 saturated carbocycles. The van der Waals surface area contributed by atoms with E-state index in [2.05, 4.69) is 55.5 Å². The molecule has 4 aromatic rings. The maximum absolute atomic E-state index is 5.39. The van der Waals surface area contributed by atoms with Crippen molar-refractivity contribution < 1.29 is 4.74 Å². The number of hydrogen-bond donors (Lipinski definition) is 1. The number of nitrogens with one attached hydrogen (secondary N) is 1. The lowest BCUT2D eigenvalue weighted by Crippen LogP contribution is -2.47. The quantitative estimate of drug-likeness (QED) is 0.378. The van der Waals surface area contributed by atoms with Crippen LogP contribution >= 0.6 is 0 Å². The number of aromatic nitrogens is 5. The van der Waals surface area contributed by atoms with Gasteiger partial charge in [-0.05, 0) is 61.2 Å². The van der Waals surface area contributed by atoms with Crippen LogP contribution in [-0.4, -0.2) is 75.6 Å². The van der Waals surface area contributed by atoms with E-state index >= 15 is 0 Å². The van der Waals surface area contributed by atoms with Crippen LogP contribution in [0.4, 0.5) is 17.3 Å². The van der Waals surface area contributed by atoms with E-state index in [1.54, 1.807) is 12.4 Å². The molecule has 1 N–H and O–H groups in total. The summed E-state index contributed by atoms with van der Waals surface area (Å²) in [6.45, 7) is 7.13. The van der Waals surface area contributed by atoms with E-state index in [0.717, 1.165) is 60.3 Å². The molecule has 1 aliphatic carbocycles. The van der Waals surface area contributed by atoms with Crippen molar-refractivity contribution in [3.8, 4) is 22.5 Å². The number of pyridine rings is 1. The van der Waals surface area contributed by atoms with Crippen molar-refractivity contribution in [1.29, 1.82) is 0 Å². The Morgan fingerprint density at radius 2 is 1.79 bits per heavy atom. The minimum Gasteiger partial charge on any atom is -0.377 e. The Morgan fingerprint density at radius 3 is 2.50 bits per heavy atom. The Kier molecular flexibility index (Phi) is 6.23. The topological polar surface area (TPSA) is 84.2 Å². The van der Waals surface area contributed by atoms with E-state index in [4.69, 9.17) is 14.8 Å². The molecule has 5 heterocycles. The number of hydrogen-bond acceptors (Lipinski definition) is 8. The Balaban J connectivity index is 1.07. The fourth-order valence-corrected chi connectivity index (χ4v) is 5.17. The van der Waals surface area contributed by atoms with Gasteiger partial charge in [-0.15, -0.1) is 0 Å². The summed E-state index contributed by atoms with van der Waals surface area (Å²) in [5, 5.41) is 8.26. The lowest BCUT2D eigenvalue weighted by atomic mass is 10.1. The number of nitrogens with zero attached hydrogens (tertiary/aromatic N) is 7. The highest BCUT2D eigenvalue weighted by Crippen LogP contribution is 2.33. The van der Waals surface area contributed by atoms with Gasteiger partial charge in [-0.2, -0.15) is 5.10 Å². The van der Waals surface area contributed by atoms with E-state index < -0.39 is 0 Å². The van der Waals surface area contributed by atoms with Crippen LogP contribution in [0.2, 0.25) is 0 Å². The number of rotatable bonds is 8. The molecule has 0 unspecified atom stereocenters. The van der Waals surface area contributed by atoms with Crippen LogP contribution in [0.15, 0.2) is 67.3 Å². The van der Waals surface area contributed by atoms with Gasteiger partial charge in [-0.1, -0.05) is 0 Å². The molecule has 2 saturated heterocycles. The van der Waals surface area contributed by atoms with Crippen molar-refractivity contribution in [2.45, 2.75) is 18.9 Å². The Bertz CT molecular complexity index is 1370. The highest BCUT2D eigenvalue weighted by atomic mass is 16.5. The molecule has 7 rings (SSSR count). The minimum atomic E-state index is 0.248. The standard InChI is InChI=1S/C29H32N8O/c1-2-22(16-30-10-1)28-26(18-37(34-28)25-19-38-20-25)27-9-11-31-29(33-27)32-23-5-7-24(8-6-23)36-14-12-35(13-15-36)17-21-3-4-21/h1-2,5-11,16,18,21,25H,3-4,12-15,17,19-20H2,(H,31,32,33). The average molecular weight is 509 g/mol. The number of anilines is 3. The van der Waals surface area contributed by atoms with Crippen molar-refractivity contribution in [3.63, 3.8) is 0 Å². The third-order valence-electron chi connectivity index (χ3n) is 7.67. The SMILES string of the molecule is c1cncc(-c2nn(C3COC3)cc2-c2ccnc(Nc3ccc(N4CCN(CC5CC5)CC4)cc3)n2)c1. The lowest BCUT2D eigenvalue weighted by molar-refractivity contribution is -0.0285. The summed E-state index contributed by atoms with van der Waals surface area (Å²) >= 11 is 0. The predicted molar refractivity (Wildman–Crippen MR) is 147 cm³/mol. The zero-order valence-electron chi connectivity index (χ0n) is 21.4. The molecular weight excluding hydrogens is 476 g/mol. The smallest absolute Gasteiger partial charge is 0.227 e. The molecule has 2 aliphatic heterocycles. The summed E-state index contributed by atoms with van der Waals surface area (Å²) in [7, 11) is 0. The average Bonchev–Trinajstić information content (AvgIpc) is 3.65. The molecule has 0 atom stereocenters. The van der Waals surface area contributed by atoms with Gasteiger partial charge >= 0.3 is 0 Å². The second-order valence-electron chi connectivity index (χ2n) is 10.5. The summed E-state index contributed by atoms with van der Waals surface area (Å²) in [5.41, 5.74) is 5.81. The van der Waals surface area contributed by atoms with Gasteiger partial charge < -0.3 is 15.0 Å². The zero-order chi connectivity index (χ0) is 25.3. The molecule has 3 fully saturated rings. The summed E-state index contributed by atoms with van der Waals surface area (Å²) in [6.07, 6.45) is 10.3. The van der Waals surface area contributed by atoms with Crippen LogP contribution in [0.3, 0.4) is 0 Å². The van der Waals surface area contributed by atoms with Gasteiger partial charge in [0, 0.05) is 80.0 Å². The third kappa shape index (κ3) is 4.99. The Morgan fingerprint density at radius 1 is 0.947 bits per heavy atom. The fraction of sp³-hybridized carbons (Fsp3) is 0.379. The first-order valence-corrected chi connectivity index (χ1v) is 13.5. The van der Waals surface area contributed by atoms with E-state index in [9.17, 15) is 0 Å². The summed E-state index contributed by atoms with van der Waals surface area (Å²) < 4.78 is 7.38. The van der Waals surface area contributed by atoms with Gasteiger partial charge in [0.25, 0.3) is 0 Å². The van der Waals surface area contributed by atoms with Crippen LogP contribution in [0, 0.1) is 5.92 Å². The number of ether oxygens (including phenoxy) is 1. The molecule has 38 heavy (non-hydrogen) atoms. The van der Waals surface area contributed by atoms with Crippen LogP contribution in [-0.2, 0) is 4.74 Å². The largest absolute Gasteiger partial charge is 0.377 e. The van der Waals surface area contributed by atoms with Crippen LogP contribution in [0.5, 0.6) is 0 Å². The highest BCUT2D eigenvalue weighted by Gasteiger charge is 2.27. The summed E-state index contributed by atoms with van der Waals surface area (Å²) in [5.74, 6) is 1.52. The first-order chi connectivity index (χ1) is 18.8. The van der Waals surface area contributed by atoms with Gasteiger partial charge in [0.2, 0.25) is 5.95 Å². The van der Waals surface area contributed by atoms with Crippen molar-refractivity contribution in [2.24, 2.45) is 5.92 Å². The van der Waals surface area contributed by atoms with Crippen LogP contribution in [0.1, 0.15) is 18.9 Å². The third-order valence-corrected chi connectivity index (χ3v) is 7.67. The fourth-order valence-electron chi connectivity index (χ4n) is 5.17. The second kappa shape index (κ2) is 10.2. The number of piperazine rings is 1. The van der Waals surface area contributed by atoms with Crippen LogP contribution in [0.25, 0.3) is 22.5 Å². The first-order valence-electron chi connectivity index (χ1n) is 13.5. The molecule has 0 amide bonds. The molecule has 3 aliphatic rings. The van der Waals surface area contributed by atoms with E-state index in [1.165, 1.54) is 25.1 Å². The zero-order valence-corrected chi connectivity index (χ0v) is 21.4. The van der Waals surface area contributed by atoms with E-state index in [-0.39, 0.29) is 6.04 Å². The van der Waals surface area contributed by atoms with Gasteiger partial charge in [0.05, 0.1) is 24.9 Å². The van der Waals surface area contributed by atoms with Crippen molar-refractivity contribution >= 4 is 17.3 Å². The summed E-state index contributed by atoms with van der Waals surface area (Å²) in [4.78, 5) is 18.7. The highest BCUT2D eigenvalue weighted by molar-refractivity contribution is 5.78.